The number of methoxy groups -OCH3 is 1. The molecule has 4 nitrogen and oxygen atoms in total. The Bertz CT molecular complexity index is 426. The molecule has 1 saturated carbocycles. The number of hydrogen-bond donors (Lipinski definition) is 2. The maximum atomic E-state index is 11.6. The molecular formula is C15H22N2O2. The summed E-state index contributed by atoms with van der Waals surface area (Å²) in [6, 6.07) is 8.13. The first-order valence-electron chi connectivity index (χ1n) is 6.84. The second kappa shape index (κ2) is 6.57. The van der Waals surface area contributed by atoms with E-state index in [0.29, 0.717) is 17.7 Å². The Kier molecular flexibility index (Phi) is 4.80. The van der Waals surface area contributed by atoms with Crippen LogP contribution >= 0.6 is 0 Å². The summed E-state index contributed by atoms with van der Waals surface area (Å²) in [5.74, 6) is -0.0493. The van der Waals surface area contributed by atoms with E-state index in [1.54, 1.807) is 14.2 Å². The van der Waals surface area contributed by atoms with Crippen molar-refractivity contribution in [2.45, 2.75) is 37.8 Å². The highest BCUT2D eigenvalue weighted by atomic mass is 16.5. The lowest BCUT2D eigenvalue weighted by atomic mass is 9.93. The molecule has 1 amide bonds. The quantitative estimate of drug-likeness (QED) is 0.876. The first-order valence-corrected chi connectivity index (χ1v) is 6.84. The SMILES string of the molecule is CNC(=O)c1cccc(NC2CCC(OC)CC2)c1. The Morgan fingerprint density at radius 1 is 1.26 bits per heavy atom. The van der Waals surface area contributed by atoms with Crippen LogP contribution in [-0.4, -0.2) is 32.2 Å². The molecule has 0 unspecified atom stereocenters. The number of hydrogen-bond acceptors (Lipinski definition) is 3. The number of anilines is 1. The number of benzene rings is 1. The van der Waals surface area contributed by atoms with Gasteiger partial charge < -0.3 is 15.4 Å². The first kappa shape index (κ1) is 13.9. The van der Waals surface area contributed by atoms with Crippen LogP contribution in [0.3, 0.4) is 0 Å². The van der Waals surface area contributed by atoms with Gasteiger partial charge in [-0.3, -0.25) is 4.79 Å². The Balaban J connectivity index is 1.94. The molecule has 2 rings (SSSR count). The molecule has 1 aromatic carbocycles. The number of amides is 1. The van der Waals surface area contributed by atoms with Crippen molar-refractivity contribution in [2.24, 2.45) is 0 Å². The fraction of sp³-hybridized carbons (Fsp3) is 0.533. The van der Waals surface area contributed by atoms with Crippen LogP contribution in [0.1, 0.15) is 36.0 Å². The topological polar surface area (TPSA) is 50.4 Å². The van der Waals surface area contributed by atoms with E-state index in [4.69, 9.17) is 4.74 Å². The zero-order valence-corrected chi connectivity index (χ0v) is 11.6. The zero-order chi connectivity index (χ0) is 13.7. The number of carbonyl (C=O) groups excluding carboxylic acids is 1. The predicted molar refractivity (Wildman–Crippen MR) is 76.5 cm³/mol. The fourth-order valence-corrected chi connectivity index (χ4v) is 2.57. The molecule has 0 saturated heterocycles. The average Bonchev–Trinajstić information content (AvgIpc) is 2.47. The highest BCUT2D eigenvalue weighted by Gasteiger charge is 2.20. The lowest BCUT2D eigenvalue weighted by molar-refractivity contribution is 0.0682. The lowest BCUT2D eigenvalue weighted by Gasteiger charge is -2.29. The van der Waals surface area contributed by atoms with Gasteiger partial charge in [0, 0.05) is 31.5 Å². The van der Waals surface area contributed by atoms with Crippen molar-refractivity contribution in [2.75, 3.05) is 19.5 Å². The summed E-state index contributed by atoms with van der Waals surface area (Å²) in [5, 5.41) is 6.15. The standard InChI is InChI=1S/C15H22N2O2/c1-16-15(18)11-4-3-5-13(10-11)17-12-6-8-14(19-2)9-7-12/h3-5,10,12,14,17H,6-9H2,1-2H3,(H,16,18). The van der Waals surface area contributed by atoms with E-state index in [1.165, 1.54) is 0 Å². The van der Waals surface area contributed by atoms with Gasteiger partial charge in [0.25, 0.3) is 5.91 Å². The molecule has 1 aromatic rings. The second-order valence-corrected chi connectivity index (χ2v) is 5.01. The van der Waals surface area contributed by atoms with Crippen molar-refractivity contribution in [3.63, 3.8) is 0 Å². The maximum absolute atomic E-state index is 11.6. The van der Waals surface area contributed by atoms with E-state index in [0.717, 1.165) is 31.4 Å². The third-order valence-electron chi connectivity index (χ3n) is 3.73. The summed E-state index contributed by atoms with van der Waals surface area (Å²) in [6.45, 7) is 0. The van der Waals surface area contributed by atoms with Crippen molar-refractivity contribution >= 4 is 11.6 Å². The van der Waals surface area contributed by atoms with Gasteiger partial charge in [0.1, 0.15) is 0 Å². The fourth-order valence-electron chi connectivity index (χ4n) is 2.57. The minimum Gasteiger partial charge on any atom is -0.382 e. The van der Waals surface area contributed by atoms with Crippen LogP contribution in [0.4, 0.5) is 5.69 Å². The summed E-state index contributed by atoms with van der Waals surface area (Å²) in [5.41, 5.74) is 1.71. The van der Waals surface area contributed by atoms with E-state index in [2.05, 4.69) is 10.6 Å². The summed E-state index contributed by atoms with van der Waals surface area (Å²) in [4.78, 5) is 11.6. The summed E-state index contributed by atoms with van der Waals surface area (Å²) >= 11 is 0. The van der Waals surface area contributed by atoms with Gasteiger partial charge >= 0.3 is 0 Å². The maximum Gasteiger partial charge on any atom is 0.251 e. The summed E-state index contributed by atoms with van der Waals surface area (Å²) in [6.07, 6.45) is 4.84. The lowest BCUT2D eigenvalue weighted by Crippen LogP contribution is -2.29. The van der Waals surface area contributed by atoms with Crippen molar-refractivity contribution in [3.8, 4) is 0 Å². The van der Waals surface area contributed by atoms with Gasteiger partial charge in [-0.1, -0.05) is 6.07 Å². The molecule has 0 spiro atoms. The molecule has 104 valence electrons. The molecule has 0 heterocycles. The van der Waals surface area contributed by atoms with Crippen molar-refractivity contribution in [1.29, 1.82) is 0 Å². The van der Waals surface area contributed by atoms with Gasteiger partial charge in [-0.25, -0.2) is 0 Å². The number of ether oxygens (including phenoxy) is 1. The van der Waals surface area contributed by atoms with Gasteiger partial charge in [-0.15, -0.1) is 0 Å². The Morgan fingerprint density at radius 2 is 2.00 bits per heavy atom. The van der Waals surface area contributed by atoms with Crippen LogP contribution in [0.25, 0.3) is 0 Å². The van der Waals surface area contributed by atoms with Gasteiger partial charge in [-0.05, 0) is 43.9 Å². The van der Waals surface area contributed by atoms with Crippen molar-refractivity contribution in [3.05, 3.63) is 29.8 Å². The third-order valence-corrected chi connectivity index (χ3v) is 3.73. The van der Waals surface area contributed by atoms with Crippen LogP contribution in [-0.2, 0) is 4.74 Å². The normalized spacial score (nSPS) is 22.8. The van der Waals surface area contributed by atoms with E-state index in [9.17, 15) is 4.79 Å². The second-order valence-electron chi connectivity index (χ2n) is 5.01. The average molecular weight is 262 g/mol. The van der Waals surface area contributed by atoms with E-state index in [1.807, 2.05) is 24.3 Å². The minimum absolute atomic E-state index is 0.0493. The van der Waals surface area contributed by atoms with E-state index < -0.39 is 0 Å². The number of rotatable bonds is 4. The highest BCUT2D eigenvalue weighted by molar-refractivity contribution is 5.94. The molecule has 1 aliphatic rings. The zero-order valence-electron chi connectivity index (χ0n) is 11.6. The first-order chi connectivity index (χ1) is 9.22. The molecule has 0 radical (unpaired) electrons. The highest BCUT2D eigenvalue weighted by Crippen LogP contribution is 2.24. The molecule has 0 atom stereocenters. The van der Waals surface area contributed by atoms with E-state index >= 15 is 0 Å². The third kappa shape index (κ3) is 3.70. The van der Waals surface area contributed by atoms with Crippen LogP contribution in [0.2, 0.25) is 0 Å². The van der Waals surface area contributed by atoms with Crippen LogP contribution < -0.4 is 10.6 Å². The molecule has 1 aliphatic carbocycles. The Hall–Kier alpha value is -1.55. The van der Waals surface area contributed by atoms with Gasteiger partial charge in [0.2, 0.25) is 0 Å². The smallest absolute Gasteiger partial charge is 0.251 e. The van der Waals surface area contributed by atoms with Crippen LogP contribution in [0.5, 0.6) is 0 Å². The van der Waals surface area contributed by atoms with Crippen LogP contribution in [0, 0.1) is 0 Å². The van der Waals surface area contributed by atoms with Gasteiger partial charge in [0.05, 0.1) is 6.10 Å². The molecule has 19 heavy (non-hydrogen) atoms. The molecule has 0 aliphatic heterocycles. The summed E-state index contributed by atoms with van der Waals surface area (Å²) in [7, 11) is 3.43. The Morgan fingerprint density at radius 3 is 2.63 bits per heavy atom. The molecule has 1 fully saturated rings. The van der Waals surface area contributed by atoms with Crippen molar-refractivity contribution in [1.82, 2.24) is 5.32 Å². The monoisotopic (exact) mass is 262 g/mol. The number of nitrogens with one attached hydrogen (secondary N) is 2. The van der Waals surface area contributed by atoms with Gasteiger partial charge in [-0.2, -0.15) is 0 Å². The minimum atomic E-state index is -0.0493. The van der Waals surface area contributed by atoms with Gasteiger partial charge in [0.15, 0.2) is 0 Å². The molecule has 0 aromatic heterocycles. The van der Waals surface area contributed by atoms with E-state index in [-0.39, 0.29) is 5.91 Å². The molecule has 0 bridgehead atoms. The number of carbonyl (C=O) groups is 1. The van der Waals surface area contributed by atoms with Crippen LogP contribution in [0.15, 0.2) is 24.3 Å². The molecular weight excluding hydrogens is 240 g/mol. The predicted octanol–water partition coefficient (Wildman–Crippen LogP) is 2.42. The summed E-state index contributed by atoms with van der Waals surface area (Å²) < 4.78 is 5.37. The molecule has 2 N–H and O–H groups in total. The largest absolute Gasteiger partial charge is 0.382 e. The molecule has 4 heteroatoms. The van der Waals surface area contributed by atoms with Crippen molar-refractivity contribution < 1.29 is 9.53 Å². The Labute approximate surface area is 114 Å².